The topological polar surface area (TPSA) is 68.8 Å². The third-order valence-corrected chi connectivity index (χ3v) is 3.95. The van der Waals surface area contributed by atoms with Crippen LogP contribution in [-0.4, -0.2) is 39.4 Å². The number of ether oxygens (including phenoxy) is 3. The van der Waals surface area contributed by atoms with Crippen LogP contribution < -0.4 is 20.1 Å². The van der Waals surface area contributed by atoms with Crippen LogP contribution in [0, 0.1) is 5.92 Å². The molecule has 0 unspecified atom stereocenters. The smallest absolute Gasteiger partial charge is 0.243 e. The van der Waals surface area contributed by atoms with Gasteiger partial charge in [-0.1, -0.05) is 19.9 Å². The number of nitrogens with one attached hydrogen (secondary N) is 2. The van der Waals surface area contributed by atoms with Gasteiger partial charge >= 0.3 is 0 Å². The van der Waals surface area contributed by atoms with Gasteiger partial charge in [-0.3, -0.25) is 4.79 Å². The van der Waals surface area contributed by atoms with Crippen LogP contribution in [0.25, 0.3) is 0 Å². The Bertz CT molecular complexity index is 717. The molecule has 6 nitrogen and oxygen atoms in total. The molecule has 0 atom stereocenters. The summed E-state index contributed by atoms with van der Waals surface area (Å²) in [5.41, 5.74) is 1.57. The van der Waals surface area contributed by atoms with E-state index in [1.54, 1.807) is 7.11 Å². The van der Waals surface area contributed by atoms with Crippen LogP contribution in [0.2, 0.25) is 0 Å². The molecule has 0 saturated heterocycles. The highest BCUT2D eigenvalue weighted by atomic mass is 16.5. The van der Waals surface area contributed by atoms with Crippen molar-refractivity contribution < 1.29 is 19.0 Å². The number of amides is 1. The van der Waals surface area contributed by atoms with Crippen molar-refractivity contribution >= 4 is 17.3 Å². The summed E-state index contributed by atoms with van der Waals surface area (Å²) in [5.74, 6) is 2.02. The summed E-state index contributed by atoms with van der Waals surface area (Å²) in [4.78, 5) is 12.2. The van der Waals surface area contributed by atoms with Gasteiger partial charge in [-0.25, -0.2) is 0 Å². The predicted molar refractivity (Wildman–Crippen MR) is 112 cm³/mol. The minimum absolute atomic E-state index is 0.126. The number of hydrogen-bond donors (Lipinski definition) is 2. The molecular formula is C22H30N2O4. The maximum absolute atomic E-state index is 12.2. The number of hydrogen-bond acceptors (Lipinski definition) is 5. The van der Waals surface area contributed by atoms with E-state index < -0.39 is 0 Å². The normalized spacial score (nSPS) is 10.6. The molecule has 0 fully saturated rings. The summed E-state index contributed by atoms with van der Waals surface area (Å²) in [6.45, 7) is 6.22. The Labute approximate surface area is 167 Å². The van der Waals surface area contributed by atoms with Crippen molar-refractivity contribution in [2.24, 2.45) is 5.92 Å². The Morgan fingerprint density at radius 1 is 0.929 bits per heavy atom. The van der Waals surface area contributed by atoms with Gasteiger partial charge in [-0.15, -0.1) is 0 Å². The van der Waals surface area contributed by atoms with Crippen LogP contribution in [0.15, 0.2) is 48.5 Å². The van der Waals surface area contributed by atoms with Crippen molar-refractivity contribution in [1.29, 1.82) is 0 Å². The molecule has 0 spiro atoms. The molecule has 0 bridgehead atoms. The summed E-state index contributed by atoms with van der Waals surface area (Å²) in [6.07, 6.45) is 1.01. The molecular weight excluding hydrogens is 356 g/mol. The number of methoxy groups -OCH3 is 1. The third kappa shape index (κ3) is 8.31. The Hall–Kier alpha value is -2.73. The molecule has 1 amide bonds. The third-order valence-electron chi connectivity index (χ3n) is 3.95. The quantitative estimate of drug-likeness (QED) is 0.536. The van der Waals surface area contributed by atoms with Gasteiger partial charge in [0.2, 0.25) is 5.91 Å². The monoisotopic (exact) mass is 386 g/mol. The molecule has 28 heavy (non-hydrogen) atoms. The minimum Gasteiger partial charge on any atom is -0.494 e. The first-order valence-corrected chi connectivity index (χ1v) is 9.55. The van der Waals surface area contributed by atoms with Gasteiger partial charge in [0.1, 0.15) is 18.1 Å². The van der Waals surface area contributed by atoms with E-state index in [4.69, 9.17) is 14.2 Å². The zero-order valence-corrected chi connectivity index (χ0v) is 16.9. The lowest BCUT2D eigenvalue weighted by Gasteiger charge is -2.11. The van der Waals surface area contributed by atoms with E-state index in [1.807, 2.05) is 48.5 Å². The van der Waals surface area contributed by atoms with Crippen molar-refractivity contribution in [1.82, 2.24) is 0 Å². The van der Waals surface area contributed by atoms with Gasteiger partial charge in [-0.05, 0) is 48.7 Å². The van der Waals surface area contributed by atoms with Gasteiger partial charge in [0, 0.05) is 24.6 Å². The lowest BCUT2D eigenvalue weighted by Crippen LogP contribution is -2.21. The Kier molecular flexibility index (Phi) is 9.15. The molecule has 2 aromatic rings. The predicted octanol–water partition coefficient (Wildman–Crippen LogP) is 4.19. The molecule has 0 aliphatic rings. The van der Waals surface area contributed by atoms with Gasteiger partial charge in [-0.2, -0.15) is 0 Å². The minimum atomic E-state index is -0.126. The fraction of sp³-hybridized carbons (Fsp3) is 0.409. The zero-order chi connectivity index (χ0) is 20.2. The van der Waals surface area contributed by atoms with E-state index in [0.29, 0.717) is 25.7 Å². The first kappa shape index (κ1) is 21.6. The maximum Gasteiger partial charge on any atom is 0.243 e. The fourth-order valence-corrected chi connectivity index (χ4v) is 2.37. The lowest BCUT2D eigenvalue weighted by molar-refractivity contribution is -0.114. The summed E-state index contributed by atoms with van der Waals surface area (Å²) in [5, 5.41) is 5.97. The molecule has 0 aliphatic heterocycles. The van der Waals surface area contributed by atoms with Crippen LogP contribution in [-0.2, 0) is 9.53 Å². The standard InChI is InChI=1S/C22H30N2O4/c1-17(2)11-12-27-21-6-4-5-19(15-21)23-16-22(25)24-18-7-9-20(10-8-18)28-14-13-26-3/h4-10,15,17,23H,11-14,16H2,1-3H3,(H,24,25). The molecule has 0 heterocycles. The van der Waals surface area contributed by atoms with E-state index >= 15 is 0 Å². The highest BCUT2D eigenvalue weighted by Gasteiger charge is 2.04. The fourth-order valence-electron chi connectivity index (χ4n) is 2.37. The van der Waals surface area contributed by atoms with Gasteiger partial charge in [0.25, 0.3) is 0 Å². The average Bonchev–Trinajstić information content (AvgIpc) is 2.68. The van der Waals surface area contributed by atoms with E-state index in [0.717, 1.165) is 29.3 Å². The second-order valence-electron chi connectivity index (χ2n) is 6.83. The van der Waals surface area contributed by atoms with Crippen molar-refractivity contribution in [3.63, 3.8) is 0 Å². The van der Waals surface area contributed by atoms with Crippen LogP contribution in [0.4, 0.5) is 11.4 Å². The largest absolute Gasteiger partial charge is 0.494 e. The Morgan fingerprint density at radius 2 is 1.68 bits per heavy atom. The summed E-state index contributed by atoms with van der Waals surface area (Å²) in [6, 6.07) is 14.9. The van der Waals surface area contributed by atoms with Crippen molar-refractivity contribution in [2.75, 3.05) is 44.1 Å². The molecule has 2 N–H and O–H groups in total. The van der Waals surface area contributed by atoms with Crippen LogP contribution in [0.1, 0.15) is 20.3 Å². The summed E-state index contributed by atoms with van der Waals surface area (Å²) >= 11 is 0. The average molecular weight is 386 g/mol. The highest BCUT2D eigenvalue weighted by molar-refractivity contribution is 5.93. The molecule has 0 aliphatic carbocycles. The van der Waals surface area contributed by atoms with Crippen molar-refractivity contribution in [2.45, 2.75) is 20.3 Å². The highest BCUT2D eigenvalue weighted by Crippen LogP contribution is 2.18. The van der Waals surface area contributed by atoms with Crippen LogP contribution in [0.3, 0.4) is 0 Å². The second kappa shape index (κ2) is 11.9. The van der Waals surface area contributed by atoms with E-state index in [-0.39, 0.29) is 12.5 Å². The number of rotatable bonds is 12. The van der Waals surface area contributed by atoms with E-state index in [2.05, 4.69) is 24.5 Å². The molecule has 0 saturated carbocycles. The van der Waals surface area contributed by atoms with Gasteiger partial charge in [0.05, 0.1) is 19.8 Å². The zero-order valence-electron chi connectivity index (χ0n) is 16.9. The molecule has 6 heteroatoms. The van der Waals surface area contributed by atoms with Crippen LogP contribution >= 0.6 is 0 Å². The Morgan fingerprint density at radius 3 is 2.39 bits per heavy atom. The maximum atomic E-state index is 12.2. The number of carbonyl (C=O) groups is 1. The van der Waals surface area contributed by atoms with Gasteiger partial charge in [0.15, 0.2) is 0 Å². The SMILES string of the molecule is COCCOc1ccc(NC(=O)CNc2cccc(OCCC(C)C)c2)cc1. The molecule has 0 radical (unpaired) electrons. The van der Waals surface area contributed by atoms with Crippen LogP contribution in [0.5, 0.6) is 11.5 Å². The first-order valence-electron chi connectivity index (χ1n) is 9.55. The molecule has 152 valence electrons. The number of benzene rings is 2. The van der Waals surface area contributed by atoms with Crippen molar-refractivity contribution in [3.05, 3.63) is 48.5 Å². The molecule has 2 rings (SSSR count). The molecule has 2 aromatic carbocycles. The van der Waals surface area contributed by atoms with E-state index in [1.165, 1.54) is 0 Å². The summed E-state index contributed by atoms with van der Waals surface area (Å²) in [7, 11) is 1.63. The Balaban J connectivity index is 1.76. The lowest BCUT2D eigenvalue weighted by atomic mass is 10.1. The van der Waals surface area contributed by atoms with E-state index in [9.17, 15) is 4.79 Å². The van der Waals surface area contributed by atoms with Crippen molar-refractivity contribution in [3.8, 4) is 11.5 Å². The first-order chi connectivity index (χ1) is 13.6. The molecule has 0 aromatic heterocycles. The number of anilines is 2. The van der Waals surface area contributed by atoms with Gasteiger partial charge < -0.3 is 24.8 Å². The number of carbonyl (C=O) groups excluding carboxylic acids is 1. The second-order valence-corrected chi connectivity index (χ2v) is 6.83. The summed E-state index contributed by atoms with van der Waals surface area (Å²) < 4.78 is 16.2.